The molecule has 0 saturated carbocycles. The summed E-state index contributed by atoms with van der Waals surface area (Å²) in [6, 6.07) is 10.6. The van der Waals surface area contributed by atoms with Crippen LogP contribution in [0, 0.1) is 0 Å². The van der Waals surface area contributed by atoms with E-state index >= 15 is 0 Å². The van der Waals surface area contributed by atoms with Crippen LogP contribution in [0.3, 0.4) is 0 Å². The number of hydrogen-bond acceptors (Lipinski definition) is 7. The Hall–Kier alpha value is -3.68. The van der Waals surface area contributed by atoms with Gasteiger partial charge in [0.05, 0.1) is 12.0 Å². The van der Waals surface area contributed by atoms with Crippen LogP contribution in [0.15, 0.2) is 47.3 Å². The molecule has 0 bridgehead atoms. The summed E-state index contributed by atoms with van der Waals surface area (Å²) in [5.41, 5.74) is 1.91. The van der Waals surface area contributed by atoms with Crippen LogP contribution in [-0.4, -0.2) is 33.7 Å². The van der Waals surface area contributed by atoms with E-state index in [1.165, 1.54) is 6.08 Å². The first kappa shape index (κ1) is 19.6. The zero-order valence-electron chi connectivity index (χ0n) is 16.7. The SMILES string of the molecule is CCOc1cc2c(cc1/C=C/C(=O)OCn1nnc3ccccc3c1=O)O[C@H](C)C2. The molecule has 0 aliphatic carbocycles. The van der Waals surface area contributed by atoms with E-state index in [1.54, 1.807) is 30.3 Å². The van der Waals surface area contributed by atoms with E-state index in [-0.39, 0.29) is 18.4 Å². The van der Waals surface area contributed by atoms with E-state index < -0.39 is 5.97 Å². The van der Waals surface area contributed by atoms with Gasteiger partial charge in [-0.15, -0.1) is 5.10 Å². The van der Waals surface area contributed by atoms with Crippen molar-refractivity contribution in [3.63, 3.8) is 0 Å². The van der Waals surface area contributed by atoms with Crippen LogP contribution < -0.4 is 15.0 Å². The third-order valence-electron chi connectivity index (χ3n) is 4.69. The molecule has 1 atom stereocenters. The second-order valence-corrected chi connectivity index (χ2v) is 6.90. The predicted molar refractivity (Wildman–Crippen MR) is 110 cm³/mol. The second kappa shape index (κ2) is 8.36. The van der Waals surface area contributed by atoms with Crippen LogP contribution in [0.1, 0.15) is 25.0 Å². The van der Waals surface area contributed by atoms with Gasteiger partial charge in [0.25, 0.3) is 5.56 Å². The van der Waals surface area contributed by atoms with Crippen LogP contribution >= 0.6 is 0 Å². The fourth-order valence-electron chi connectivity index (χ4n) is 3.30. The number of benzene rings is 2. The monoisotopic (exact) mass is 407 g/mol. The topological polar surface area (TPSA) is 92.5 Å². The summed E-state index contributed by atoms with van der Waals surface area (Å²) in [5.74, 6) is 0.848. The fourth-order valence-corrected chi connectivity index (χ4v) is 3.30. The van der Waals surface area contributed by atoms with E-state index in [2.05, 4.69) is 10.3 Å². The Morgan fingerprint density at radius 2 is 2.17 bits per heavy atom. The molecule has 0 radical (unpaired) electrons. The van der Waals surface area contributed by atoms with Crippen molar-refractivity contribution in [3.8, 4) is 11.5 Å². The minimum atomic E-state index is -0.617. The number of carbonyl (C=O) groups excluding carboxylic acids is 1. The van der Waals surface area contributed by atoms with E-state index in [0.29, 0.717) is 28.8 Å². The Morgan fingerprint density at radius 1 is 1.33 bits per heavy atom. The molecule has 0 saturated heterocycles. The zero-order chi connectivity index (χ0) is 21.1. The highest BCUT2D eigenvalue weighted by atomic mass is 16.5. The second-order valence-electron chi connectivity index (χ2n) is 6.90. The van der Waals surface area contributed by atoms with Gasteiger partial charge < -0.3 is 14.2 Å². The van der Waals surface area contributed by atoms with Gasteiger partial charge in [0.15, 0.2) is 6.73 Å². The molecule has 154 valence electrons. The quantitative estimate of drug-likeness (QED) is 0.458. The Labute approximate surface area is 172 Å². The summed E-state index contributed by atoms with van der Waals surface area (Å²) in [6.07, 6.45) is 3.82. The summed E-state index contributed by atoms with van der Waals surface area (Å²) in [6.45, 7) is 4.08. The molecule has 0 unspecified atom stereocenters. The van der Waals surface area contributed by atoms with Gasteiger partial charge in [-0.2, -0.15) is 4.68 Å². The van der Waals surface area contributed by atoms with Crippen molar-refractivity contribution in [3.05, 3.63) is 64.0 Å². The first-order valence-electron chi connectivity index (χ1n) is 9.69. The molecule has 0 amide bonds. The van der Waals surface area contributed by atoms with Crippen molar-refractivity contribution in [1.82, 2.24) is 15.0 Å². The largest absolute Gasteiger partial charge is 0.493 e. The van der Waals surface area contributed by atoms with Gasteiger partial charge in [-0.1, -0.05) is 17.3 Å². The van der Waals surface area contributed by atoms with Crippen LogP contribution in [-0.2, 0) is 22.7 Å². The molecule has 4 rings (SSSR count). The van der Waals surface area contributed by atoms with Gasteiger partial charge in [-0.25, -0.2) is 4.79 Å². The number of ether oxygens (including phenoxy) is 3. The third-order valence-corrected chi connectivity index (χ3v) is 4.69. The zero-order valence-corrected chi connectivity index (χ0v) is 16.7. The van der Waals surface area contributed by atoms with Crippen LogP contribution in [0.25, 0.3) is 17.0 Å². The summed E-state index contributed by atoms with van der Waals surface area (Å²) in [7, 11) is 0. The molecule has 1 aromatic heterocycles. The number of rotatable bonds is 6. The van der Waals surface area contributed by atoms with Gasteiger partial charge in [-0.3, -0.25) is 4.79 Å². The van der Waals surface area contributed by atoms with Crippen molar-refractivity contribution in [2.75, 3.05) is 6.61 Å². The van der Waals surface area contributed by atoms with Gasteiger partial charge in [0.2, 0.25) is 0 Å². The summed E-state index contributed by atoms with van der Waals surface area (Å²) in [4.78, 5) is 24.6. The van der Waals surface area contributed by atoms with Crippen LogP contribution in [0.2, 0.25) is 0 Å². The maximum atomic E-state index is 12.4. The number of hydrogen-bond donors (Lipinski definition) is 0. The van der Waals surface area contributed by atoms with Crippen molar-refractivity contribution in [1.29, 1.82) is 0 Å². The third kappa shape index (κ3) is 4.03. The van der Waals surface area contributed by atoms with Crippen molar-refractivity contribution in [2.45, 2.75) is 33.1 Å². The fraction of sp³-hybridized carbons (Fsp3) is 0.273. The molecule has 0 fully saturated rings. The lowest BCUT2D eigenvalue weighted by Crippen LogP contribution is -2.26. The molecule has 1 aliphatic heterocycles. The lowest BCUT2D eigenvalue weighted by molar-refractivity contribution is -0.141. The number of nitrogens with zero attached hydrogens (tertiary/aromatic N) is 3. The molecular formula is C22H21N3O5. The first-order chi connectivity index (χ1) is 14.5. The molecule has 0 N–H and O–H groups in total. The average molecular weight is 407 g/mol. The maximum absolute atomic E-state index is 12.4. The van der Waals surface area contributed by atoms with Crippen LogP contribution in [0.4, 0.5) is 0 Å². The Morgan fingerprint density at radius 3 is 3.00 bits per heavy atom. The molecule has 8 nitrogen and oxygen atoms in total. The summed E-state index contributed by atoms with van der Waals surface area (Å²) >= 11 is 0. The maximum Gasteiger partial charge on any atom is 0.332 e. The highest BCUT2D eigenvalue weighted by Crippen LogP contribution is 2.35. The Kier molecular flexibility index (Phi) is 5.47. The minimum absolute atomic E-state index is 0.111. The molecule has 3 aromatic rings. The van der Waals surface area contributed by atoms with E-state index in [0.717, 1.165) is 22.4 Å². The molecule has 2 aromatic carbocycles. The predicted octanol–water partition coefficient (Wildman–Crippen LogP) is 2.73. The van der Waals surface area contributed by atoms with Gasteiger partial charge in [0, 0.05) is 23.6 Å². The van der Waals surface area contributed by atoms with Gasteiger partial charge >= 0.3 is 5.97 Å². The number of esters is 1. The highest BCUT2D eigenvalue weighted by Gasteiger charge is 2.21. The number of aromatic nitrogens is 3. The van der Waals surface area contributed by atoms with Crippen molar-refractivity contribution in [2.24, 2.45) is 0 Å². The molecule has 2 heterocycles. The van der Waals surface area contributed by atoms with E-state index in [9.17, 15) is 9.59 Å². The molecule has 1 aliphatic rings. The smallest absolute Gasteiger partial charge is 0.332 e. The number of fused-ring (bicyclic) bond motifs is 2. The molecule has 0 spiro atoms. The summed E-state index contributed by atoms with van der Waals surface area (Å²) < 4.78 is 17.6. The molecule has 8 heteroatoms. The molecular weight excluding hydrogens is 386 g/mol. The number of carbonyl (C=O) groups is 1. The standard InChI is InChI=1S/C22H21N3O5/c1-3-28-19-12-16-10-14(2)30-20(16)11-15(19)8-9-21(26)29-13-25-22(27)17-6-4-5-7-18(17)23-24-25/h4-9,11-12,14H,3,10,13H2,1-2H3/b9-8+/t14-/m1/s1. The Balaban J connectivity index is 1.47. The average Bonchev–Trinajstić information content (AvgIpc) is 3.10. The van der Waals surface area contributed by atoms with Crippen LogP contribution in [0.5, 0.6) is 11.5 Å². The van der Waals surface area contributed by atoms with Gasteiger partial charge in [-0.05, 0) is 44.2 Å². The van der Waals surface area contributed by atoms with Crippen molar-refractivity contribution >= 4 is 22.9 Å². The lowest BCUT2D eigenvalue weighted by atomic mass is 10.1. The normalized spacial score (nSPS) is 15.2. The van der Waals surface area contributed by atoms with Crippen molar-refractivity contribution < 1.29 is 19.0 Å². The highest BCUT2D eigenvalue weighted by molar-refractivity contribution is 5.87. The molecule has 30 heavy (non-hydrogen) atoms. The lowest BCUT2D eigenvalue weighted by Gasteiger charge is -2.10. The Bertz CT molecular complexity index is 1190. The summed E-state index contributed by atoms with van der Waals surface area (Å²) in [5, 5.41) is 8.17. The van der Waals surface area contributed by atoms with E-state index in [1.807, 2.05) is 26.0 Å². The minimum Gasteiger partial charge on any atom is -0.493 e. The van der Waals surface area contributed by atoms with E-state index in [4.69, 9.17) is 14.2 Å². The van der Waals surface area contributed by atoms with Gasteiger partial charge in [0.1, 0.15) is 23.1 Å². The first-order valence-corrected chi connectivity index (χ1v) is 9.69.